The van der Waals surface area contributed by atoms with Gasteiger partial charge in [0.05, 0.1) is 6.61 Å². The Bertz CT molecular complexity index is 245. The minimum atomic E-state index is -0.144. The predicted molar refractivity (Wildman–Crippen MR) is 77.9 cm³/mol. The van der Waals surface area contributed by atoms with Crippen LogP contribution in [-0.2, 0) is 0 Å². The van der Waals surface area contributed by atoms with Gasteiger partial charge in [-0.2, -0.15) is 0 Å². The Morgan fingerprint density at radius 3 is 2.56 bits per heavy atom. The Hall–Kier alpha value is -0.120. The van der Waals surface area contributed by atoms with Gasteiger partial charge < -0.3 is 10.4 Å². The first-order valence-corrected chi connectivity index (χ1v) is 7.56. The number of hydrogen-bond acceptors (Lipinski definition) is 3. The Balaban J connectivity index is 2.51. The van der Waals surface area contributed by atoms with Gasteiger partial charge in [-0.05, 0) is 39.5 Å². The quantitative estimate of drug-likeness (QED) is 0.734. The van der Waals surface area contributed by atoms with Crippen LogP contribution in [0, 0.1) is 0 Å². The van der Waals surface area contributed by atoms with Crippen LogP contribution in [0.2, 0.25) is 0 Å². The lowest BCUT2D eigenvalue weighted by atomic mass is 9.97. The van der Waals surface area contributed by atoms with Gasteiger partial charge in [0, 0.05) is 30.2 Å². The van der Waals surface area contributed by atoms with E-state index in [-0.39, 0.29) is 12.1 Å². The number of likely N-dealkylation sites (tertiary alicyclic amines) is 1. The van der Waals surface area contributed by atoms with Crippen LogP contribution in [0.25, 0.3) is 0 Å². The topological polar surface area (TPSA) is 35.5 Å². The summed E-state index contributed by atoms with van der Waals surface area (Å²) >= 11 is 0. The average Bonchev–Trinajstić information content (AvgIpc) is 2.66. The third-order valence-electron chi connectivity index (χ3n) is 4.33. The standard InChI is InChI=1S/C15H32N2O/c1-6-14-8-7-13(4)17(14)10-9-15(5,11-18)16-12(2)3/h12-14,16,18H,6-11H2,1-5H3. The molecule has 2 N–H and O–H groups in total. The molecular formula is C15H32N2O. The lowest BCUT2D eigenvalue weighted by Crippen LogP contribution is -2.51. The number of nitrogens with one attached hydrogen (secondary N) is 1. The van der Waals surface area contributed by atoms with Crippen molar-refractivity contribution in [3.8, 4) is 0 Å². The van der Waals surface area contributed by atoms with Crippen molar-refractivity contribution in [2.24, 2.45) is 0 Å². The van der Waals surface area contributed by atoms with Crippen LogP contribution in [0.3, 0.4) is 0 Å². The summed E-state index contributed by atoms with van der Waals surface area (Å²) in [7, 11) is 0. The van der Waals surface area contributed by atoms with Crippen molar-refractivity contribution in [3.05, 3.63) is 0 Å². The zero-order chi connectivity index (χ0) is 13.8. The lowest BCUT2D eigenvalue weighted by Gasteiger charge is -2.35. The summed E-state index contributed by atoms with van der Waals surface area (Å²) in [5.74, 6) is 0. The Kier molecular flexibility index (Phi) is 6.09. The van der Waals surface area contributed by atoms with E-state index in [1.165, 1.54) is 19.3 Å². The first-order valence-electron chi connectivity index (χ1n) is 7.56. The normalized spacial score (nSPS) is 28.8. The van der Waals surface area contributed by atoms with Gasteiger partial charge in [0.25, 0.3) is 0 Å². The fourth-order valence-electron chi connectivity index (χ4n) is 3.24. The molecule has 3 heteroatoms. The van der Waals surface area contributed by atoms with E-state index >= 15 is 0 Å². The molecule has 0 aromatic rings. The molecule has 0 radical (unpaired) electrons. The molecule has 0 aromatic heterocycles. The molecule has 18 heavy (non-hydrogen) atoms. The molecule has 1 rings (SSSR count). The van der Waals surface area contributed by atoms with Crippen LogP contribution >= 0.6 is 0 Å². The van der Waals surface area contributed by atoms with Gasteiger partial charge in [-0.3, -0.25) is 4.90 Å². The third kappa shape index (κ3) is 4.22. The summed E-state index contributed by atoms with van der Waals surface area (Å²) in [5.41, 5.74) is -0.144. The number of aliphatic hydroxyl groups is 1. The summed E-state index contributed by atoms with van der Waals surface area (Å²) in [6.45, 7) is 12.3. The average molecular weight is 256 g/mol. The van der Waals surface area contributed by atoms with Gasteiger partial charge in [-0.25, -0.2) is 0 Å². The molecule has 0 saturated carbocycles. The fraction of sp³-hybridized carbons (Fsp3) is 1.00. The highest BCUT2D eigenvalue weighted by atomic mass is 16.3. The molecule has 1 aliphatic heterocycles. The maximum Gasteiger partial charge on any atom is 0.0611 e. The first kappa shape index (κ1) is 15.9. The maximum absolute atomic E-state index is 9.62. The van der Waals surface area contributed by atoms with Crippen molar-refractivity contribution in [2.45, 2.75) is 84.0 Å². The van der Waals surface area contributed by atoms with Crippen LogP contribution in [0.5, 0.6) is 0 Å². The van der Waals surface area contributed by atoms with E-state index in [1.54, 1.807) is 0 Å². The van der Waals surface area contributed by atoms with Crippen molar-refractivity contribution < 1.29 is 5.11 Å². The van der Waals surface area contributed by atoms with Crippen molar-refractivity contribution in [3.63, 3.8) is 0 Å². The Morgan fingerprint density at radius 1 is 1.39 bits per heavy atom. The minimum Gasteiger partial charge on any atom is -0.394 e. The molecule has 0 bridgehead atoms. The smallest absolute Gasteiger partial charge is 0.0611 e. The van der Waals surface area contributed by atoms with Crippen molar-refractivity contribution in [1.82, 2.24) is 10.2 Å². The second-order valence-electron chi connectivity index (χ2n) is 6.49. The van der Waals surface area contributed by atoms with Gasteiger partial charge in [0.2, 0.25) is 0 Å². The molecule has 0 spiro atoms. The molecule has 0 amide bonds. The van der Waals surface area contributed by atoms with E-state index in [2.05, 4.69) is 44.8 Å². The SMILES string of the molecule is CCC1CCC(C)N1CCC(C)(CO)NC(C)C. The predicted octanol–water partition coefficient (Wildman–Crippen LogP) is 2.39. The third-order valence-corrected chi connectivity index (χ3v) is 4.33. The number of hydrogen-bond donors (Lipinski definition) is 2. The van der Waals surface area contributed by atoms with Gasteiger partial charge >= 0.3 is 0 Å². The summed E-state index contributed by atoms with van der Waals surface area (Å²) in [6.07, 6.45) is 4.93. The maximum atomic E-state index is 9.62. The van der Waals surface area contributed by atoms with Crippen molar-refractivity contribution >= 4 is 0 Å². The van der Waals surface area contributed by atoms with E-state index in [0.717, 1.165) is 19.0 Å². The van der Waals surface area contributed by atoms with Gasteiger partial charge in [0.15, 0.2) is 0 Å². The van der Waals surface area contributed by atoms with E-state index < -0.39 is 0 Å². The van der Waals surface area contributed by atoms with Gasteiger partial charge in [0.1, 0.15) is 0 Å². The summed E-state index contributed by atoms with van der Waals surface area (Å²) < 4.78 is 0. The highest BCUT2D eigenvalue weighted by Gasteiger charge is 2.31. The van der Waals surface area contributed by atoms with Crippen molar-refractivity contribution in [1.29, 1.82) is 0 Å². The highest BCUT2D eigenvalue weighted by Crippen LogP contribution is 2.27. The van der Waals surface area contributed by atoms with E-state index in [1.807, 2.05) is 0 Å². The minimum absolute atomic E-state index is 0.144. The Morgan fingerprint density at radius 2 is 2.06 bits per heavy atom. The molecule has 108 valence electrons. The second-order valence-corrected chi connectivity index (χ2v) is 6.49. The zero-order valence-corrected chi connectivity index (χ0v) is 12.9. The highest BCUT2D eigenvalue weighted by molar-refractivity contribution is 4.89. The largest absolute Gasteiger partial charge is 0.394 e. The summed E-state index contributed by atoms with van der Waals surface area (Å²) in [4.78, 5) is 2.63. The number of nitrogens with zero attached hydrogens (tertiary/aromatic N) is 1. The molecule has 1 saturated heterocycles. The molecule has 0 aliphatic carbocycles. The molecule has 3 nitrogen and oxygen atoms in total. The van der Waals surface area contributed by atoms with Gasteiger partial charge in [-0.1, -0.05) is 20.8 Å². The van der Waals surface area contributed by atoms with Crippen LogP contribution in [0.4, 0.5) is 0 Å². The summed E-state index contributed by atoms with van der Waals surface area (Å²) in [6, 6.07) is 1.87. The molecule has 1 fully saturated rings. The van der Waals surface area contributed by atoms with Crippen LogP contribution < -0.4 is 5.32 Å². The van der Waals surface area contributed by atoms with E-state index in [9.17, 15) is 5.11 Å². The second kappa shape index (κ2) is 6.88. The summed E-state index contributed by atoms with van der Waals surface area (Å²) in [5, 5.41) is 13.1. The molecule has 0 aromatic carbocycles. The van der Waals surface area contributed by atoms with Gasteiger partial charge in [-0.15, -0.1) is 0 Å². The van der Waals surface area contributed by atoms with Crippen molar-refractivity contribution in [2.75, 3.05) is 13.2 Å². The molecular weight excluding hydrogens is 224 g/mol. The molecule has 1 aliphatic rings. The van der Waals surface area contributed by atoms with E-state index in [0.29, 0.717) is 12.1 Å². The van der Waals surface area contributed by atoms with Crippen LogP contribution in [-0.4, -0.2) is 46.8 Å². The molecule has 3 atom stereocenters. The molecule has 1 heterocycles. The Labute approximate surface area is 113 Å². The fourth-order valence-corrected chi connectivity index (χ4v) is 3.24. The molecule has 3 unspecified atom stereocenters. The number of aliphatic hydroxyl groups excluding tert-OH is 1. The monoisotopic (exact) mass is 256 g/mol. The van der Waals surface area contributed by atoms with Crippen LogP contribution in [0.1, 0.15) is 60.3 Å². The zero-order valence-electron chi connectivity index (χ0n) is 12.9. The number of rotatable bonds is 7. The van der Waals surface area contributed by atoms with Crippen LogP contribution in [0.15, 0.2) is 0 Å². The lowest BCUT2D eigenvalue weighted by molar-refractivity contribution is 0.121. The van der Waals surface area contributed by atoms with E-state index in [4.69, 9.17) is 0 Å². The first-order chi connectivity index (χ1) is 8.41.